The summed E-state index contributed by atoms with van der Waals surface area (Å²) >= 11 is 3.45. The summed E-state index contributed by atoms with van der Waals surface area (Å²) in [5.74, 6) is 1.05. The number of anilines is 1. The lowest BCUT2D eigenvalue weighted by Gasteiger charge is -2.26. The zero-order valence-corrected chi connectivity index (χ0v) is 16.4. The molecule has 2 heterocycles. The van der Waals surface area contributed by atoms with Crippen molar-refractivity contribution in [2.24, 2.45) is 0 Å². The van der Waals surface area contributed by atoms with Crippen LogP contribution in [0.5, 0.6) is 0 Å². The molecule has 0 amide bonds. The van der Waals surface area contributed by atoms with Gasteiger partial charge in [-0.2, -0.15) is 0 Å². The van der Waals surface area contributed by atoms with E-state index < -0.39 is 6.10 Å². The predicted molar refractivity (Wildman–Crippen MR) is 107 cm³/mol. The lowest BCUT2D eigenvalue weighted by atomic mass is 10.1. The van der Waals surface area contributed by atoms with E-state index in [9.17, 15) is 5.11 Å². The third-order valence-corrected chi connectivity index (χ3v) is 5.10. The van der Waals surface area contributed by atoms with Crippen LogP contribution in [0.15, 0.2) is 63.5 Å². The highest BCUT2D eigenvalue weighted by molar-refractivity contribution is 9.10. The van der Waals surface area contributed by atoms with Crippen molar-refractivity contribution in [1.29, 1.82) is 0 Å². The summed E-state index contributed by atoms with van der Waals surface area (Å²) in [7, 11) is 0. The molecule has 1 atom stereocenters. The van der Waals surface area contributed by atoms with E-state index in [0.29, 0.717) is 25.5 Å². The molecule has 1 fully saturated rings. The largest absolute Gasteiger partial charge is 0.422 e. The van der Waals surface area contributed by atoms with Crippen molar-refractivity contribution in [2.45, 2.75) is 12.5 Å². The van der Waals surface area contributed by atoms with Crippen molar-refractivity contribution in [3.63, 3.8) is 0 Å². The molecule has 6 heteroatoms. The number of aliphatic hydroxyl groups excluding tert-OH is 1. The number of aromatic nitrogens is 1. The Labute approximate surface area is 166 Å². The summed E-state index contributed by atoms with van der Waals surface area (Å²) in [6, 6.07) is 17.7. The maximum absolute atomic E-state index is 10.8. The predicted octanol–water partition coefficient (Wildman–Crippen LogP) is 3.95. The summed E-state index contributed by atoms with van der Waals surface area (Å²) in [6.07, 6.45) is -0.255. The number of halogens is 1. The van der Waals surface area contributed by atoms with Crippen LogP contribution in [0.2, 0.25) is 0 Å². The van der Waals surface area contributed by atoms with Gasteiger partial charge >= 0.3 is 0 Å². The zero-order valence-electron chi connectivity index (χ0n) is 14.8. The normalized spacial score (nSPS) is 15.7. The average Bonchev–Trinajstić information content (AvgIpc) is 3.12. The van der Waals surface area contributed by atoms with Crippen LogP contribution in [0.1, 0.15) is 28.8 Å². The minimum absolute atomic E-state index is 0.320. The zero-order chi connectivity index (χ0) is 18.6. The third-order valence-electron chi connectivity index (χ3n) is 4.60. The molecule has 0 spiro atoms. The second kappa shape index (κ2) is 8.25. The molecule has 4 rings (SSSR count). The Bertz CT molecular complexity index is 891. The Morgan fingerprint density at radius 1 is 1.07 bits per heavy atom. The van der Waals surface area contributed by atoms with Crippen LogP contribution in [0, 0.1) is 0 Å². The molecule has 1 aliphatic rings. The van der Waals surface area contributed by atoms with E-state index in [1.54, 1.807) is 0 Å². The Morgan fingerprint density at radius 3 is 2.59 bits per heavy atom. The minimum atomic E-state index is -0.910. The molecule has 27 heavy (non-hydrogen) atoms. The summed E-state index contributed by atoms with van der Waals surface area (Å²) in [5.41, 5.74) is 2.74. The summed E-state index contributed by atoms with van der Waals surface area (Å²) in [6.45, 7) is 2.83. The van der Waals surface area contributed by atoms with Gasteiger partial charge < -0.3 is 19.2 Å². The van der Waals surface area contributed by atoms with Gasteiger partial charge in [0.15, 0.2) is 6.10 Å². The first-order chi connectivity index (χ1) is 13.2. The Balaban J connectivity index is 1.68. The molecule has 140 valence electrons. The molecule has 1 unspecified atom stereocenters. The van der Waals surface area contributed by atoms with Crippen LogP contribution < -0.4 is 4.90 Å². The molecular weight excluding hydrogens is 408 g/mol. The van der Waals surface area contributed by atoms with Crippen LogP contribution in [-0.4, -0.2) is 36.4 Å². The number of hydrogen-bond acceptors (Lipinski definition) is 5. The third kappa shape index (κ3) is 4.24. The van der Waals surface area contributed by atoms with Crippen LogP contribution in [0.3, 0.4) is 0 Å². The van der Waals surface area contributed by atoms with Crippen molar-refractivity contribution in [2.75, 3.05) is 31.2 Å². The average molecular weight is 429 g/mol. The second-order valence-electron chi connectivity index (χ2n) is 6.52. The first-order valence-corrected chi connectivity index (χ1v) is 9.80. The summed E-state index contributed by atoms with van der Waals surface area (Å²) < 4.78 is 12.4. The molecule has 1 aromatic heterocycles. The van der Waals surface area contributed by atoms with Gasteiger partial charge in [-0.05, 0) is 23.3 Å². The first-order valence-electron chi connectivity index (χ1n) is 9.00. The van der Waals surface area contributed by atoms with E-state index in [4.69, 9.17) is 9.15 Å². The van der Waals surface area contributed by atoms with Gasteiger partial charge in [-0.1, -0.05) is 58.4 Å². The number of rotatable bonds is 5. The molecule has 3 aromatic rings. The number of nitrogens with zero attached hydrogens (tertiary/aromatic N) is 2. The highest BCUT2D eigenvalue weighted by atomic mass is 79.9. The van der Waals surface area contributed by atoms with E-state index >= 15 is 0 Å². The maximum Gasteiger partial charge on any atom is 0.230 e. The van der Waals surface area contributed by atoms with Gasteiger partial charge in [0.25, 0.3) is 0 Å². The number of hydrogen-bond donors (Lipinski definition) is 1. The quantitative estimate of drug-likeness (QED) is 0.666. The fourth-order valence-corrected chi connectivity index (χ4v) is 3.63. The second-order valence-corrected chi connectivity index (χ2v) is 7.44. The van der Waals surface area contributed by atoms with Crippen molar-refractivity contribution in [3.8, 4) is 0 Å². The lowest BCUT2D eigenvalue weighted by Crippen LogP contribution is -2.36. The van der Waals surface area contributed by atoms with Crippen LogP contribution in [0.25, 0.3) is 0 Å². The number of oxazole rings is 1. The number of aliphatic hydroxyl groups is 1. The van der Waals surface area contributed by atoms with Gasteiger partial charge in [-0.15, -0.1) is 0 Å². The molecule has 1 aliphatic heterocycles. The van der Waals surface area contributed by atoms with Crippen molar-refractivity contribution >= 4 is 21.8 Å². The van der Waals surface area contributed by atoms with Gasteiger partial charge in [0.2, 0.25) is 11.8 Å². The standard InChI is InChI=1S/C21H21BrN2O3/c22-17-8-4-7-16(14-17)19(25)20-23-18(13-15-5-2-1-3-6-15)21(27-20)24-9-11-26-12-10-24/h1-8,14,19,25H,9-13H2. The molecule has 2 aromatic carbocycles. The van der Waals surface area contributed by atoms with E-state index in [-0.39, 0.29) is 0 Å². The van der Waals surface area contributed by atoms with Crippen molar-refractivity contribution in [1.82, 2.24) is 4.98 Å². The van der Waals surface area contributed by atoms with Crippen LogP contribution in [-0.2, 0) is 11.2 Å². The smallest absolute Gasteiger partial charge is 0.230 e. The molecule has 1 saturated heterocycles. The van der Waals surface area contributed by atoms with Crippen LogP contribution in [0.4, 0.5) is 5.88 Å². The Hall–Kier alpha value is -2.15. The minimum Gasteiger partial charge on any atom is -0.422 e. The Morgan fingerprint density at radius 2 is 1.85 bits per heavy atom. The molecule has 5 nitrogen and oxygen atoms in total. The van der Waals surface area contributed by atoms with Gasteiger partial charge in [0.1, 0.15) is 5.69 Å². The number of ether oxygens (including phenoxy) is 1. The van der Waals surface area contributed by atoms with E-state index in [1.807, 2.05) is 42.5 Å². The van der Waals surface area contributed by atoms with E-state index in [1.165, 1.54) is 0 Å². The SMILES string of the molecule is OC(c1cccc(Br)c1)c1nc(Cc2ccccc2)c(N2CCOCC2)o1. The molecule has 1 N–H and O–H groups in total. The summed E-state index contributed by atoms with van der Waals surface area (Å²) in [4.78, 5) is 6.82. The highest BCUT2D eigenvalue weighted by Crippen LogP contribution is 2.31. The van der Waals surface area contributed by atoms with E-state index in [0.717, 1.165) is 40.3 Å². The van der Waals surface area contributed by atoms with Gasteiger partial charge in [-0.25, -0.2) is 4.98 Å². The highest BCUT2D eigenvalue weighted by Gasteiger charge is 2.25. The monoisotopic (exact) mass is 428 g/mol. The van der Waals surface area contributed by atoms with Crippen molar-refractivity contribution < 1.29 is 14.3 Å². The Kier molecular flexibility index (Phi) is 5.57. The first kappa shape index (κ1) is 18.2. The molecule has 0 bridgehead atoms. The van der Waals surface area contributed by atoms with Crippen LogP contribution >= 0.6 is 15.9 Å². The fraction of sp³-hybridized carbons (Fsp3) is 0.286. The van der Waals surface area contributed by atoms with E-state index in [2.05, 4.69) is 37.9 Å². The number of morpholine rings is 1. The summed E-state index contributed by atoms with van der Waals surface area (Å²) in [5, 5.41) is 10.8. The molecular formula is C21H21BrN2O3. The maximum atomic E-state index is 10.8. The molecule has 0 saturated carbocycles. The van der Waals surface area contributed by atoms with Gasteiger partial charge in [0, 0.05) is 24.0 Å². The topological polar surface area (TPSA) is 58.7 Å². The van der Waals surface area contributed by atoms with Gasteiger partial charge in [-0.3, -0.25) is 0 Å². The van der Waals surface area contributed by atoms with Crippen molar-refractivity contribution in [3.05, 3.63) is 81.8 Å². The molecule has 0 radical (unpaired) electrons. The van der Waals surface area contributed by atoms with Gasteiger partial charge in [0.05, 0.1) is 13.2 Å². The number of benzene rings is 2. The lowest BCUT2D eigenvalue weighted by molar-refractivity contribution is 0.119. The fourth-order valence-electron chi connectivity index (χ4n) is 3.22. The molecule has 0 aliphatic carbocycles.